The van der Waals surface area contributed by atoms with Crippen molar-refractivity contribution in [3.8, 4) is 28.7 Å². The molecule has 0 spiro atoms. The van der Waals surface area contributed by atoms with Gasteiger partial charge in [0.25, 0.3) is 5.91 Å². The third-order valence-corrected chi connectivity index (χ3v) is 5.24. The van der Waals surface area contributed by atoms with Gasteiger partial charge in [-0.3, -0.25) is 4.79 Å². The molecule has 4 rings (SSSR count). The van der Waals surface area contributed by atoms with Gasteiger partial charge in [0, 0.05) is 21.8 Å². The molecule has 0 fully saturated rings. The Kier molecular flexibility index (Phi) is 6.00. The summed E-state index contributed by atoms with van der Waals surface area (Å²) in [5, 5.41) is 11.7. The summed E-state index contributed by atoms with van der Waals surface area (Å²) in [6.07, 6.45) is 0. The molecule has 1 amide bonds. The fraction of sp³-hybridized carbons (Fsp3) is 0.125. The Labute approximate surface area is 184 Å². The summed E-state index contributed by atoms with van der Waals surface area (Å²) in [7, 11) is 0. The van der Waals surface area contributed by atoms with E-state index in [1.165, 1.54) is 0 Å². The lowest BCUT2D eigenvalue weighted by molar-refractivity contribution is -0.118. The molecule has 7 heteroatoms. The highest BCUT2D eigenvalue weighted by molar-refractivity contribution is 6.32. The van der Waals surface area contributed by atoms with E-state index in [9.17, 15) is 4.79 Å². The monoisotopic (exact) mass is 433 g/mol. The second-order valence-electron chi connectivity index (χ2n) is 7.06. The number of benzene rings is 3. The minimum atomic E-state index is -0.262. The predicted octanol–water partition coefficient (Wildman–Crippen LogP) is 5.69. The number of carbonyl (C=O) groups excluding carboxylic acids is 1. The van der Waals surface area contributed by atoms with Crippen molar-refractivity contribution < 1.29 is 13.9 Å². The highest BCUT2D eigenvalue weighted by Gasteiger charge is 2.11. The van der Waals surface area contributed by atoms with Crippen LogP contribution in [0.15, 0.2) is 71.1 Å². The van der Waals surface area contributed by atoms with Crippen molar-refractivity contribution in [3.05, 3.63) is 82.9 Å². The van der Waals surface area contributed by atoms with Crippen molar-refractivity contribution in [2.24, 2.45) is 0 Å². The molecule has 3 aromatic carbocycles. The zero-order chi connectivity index (χ0) is 21.8. The lowest BCUT2D eigenvalue weighted by atomic mass is 10.1. The number of carbonyl (C=O) groups is 1. The summed E-state index contributed by atoms with van der Waals surface area (Å²) in [4.78, 5) is 12.2. The molecule has 0 saturated carbocycles. The largest absolute Gasteiger partial charge is 0.484 e. The van der Waals surface area contributed by atoms with Crippen LogP contribution in [0.25, 0.3) is 22.9 Å². The van der Waals surface area contributed by atoms with Crippen LogP contribution in [0.4, 0.5) is 5.69 Å². The molecule has 1 heterocycles. The van der Waals surface area contributed by atoms with Crippen molar-refractivity contribution in [2.75, 3.05) is 11.9 Å². The second-order valence-corrected chi connectivity index (χ2v) is 7.44. The van der Waals surface area contributed by atoms with Gasteiger partial charge in [0.15, 0.2) is 6.61 Å². The third-order valence-electron chi connectivity index (χ3n) is 4.64. The molecule has 0 aliphatic carbocycles. The maximum atomic E-state index is 12.2. The van der Waals surface area contributed by atoms with Crippen molar-refractivity contribution in [2.45, 2.75) is 13.8 Å². The Hall–Kier alpha value is -3.64. The highest BCUT2D eigenvalue weighted by Crippen LogP contribution is 2.26. The van der Waals surface area contributed by atoms with Gasteiger partial charge in [-0.2, -0.15) is 0 Å². The molecule has 6 nitrogen and oxygen atoms in total. The first-order chi connectivity index (χ1) is 15.0. The number of hydrogen-bond donors (Lipinski definition) is 1. The van der Waals surface area contributed by atoms with Crippen LogP contribution in [-0.4, -0.2) is 22.7 Å². The molecular formula is C24H20ClN3O3. The van der Waals surface area contributed by atoms with Crippen LogP contribution in [0.5, 0.6) is 5.75 Å². The quantitative estimate of drug-likeness (QED) is 0.422. The van der Waals surface area contributed by atoms with Crippen molar-refractivity contribution >= 4 is 23.2 Å². The lowest BCUT2D eigenvalue weighted by Crippen LogP contribution is -2.20. The molecule has 156 valence electrons. The first-order valence-corrected chi connectivity index (χ1v) is 10.1. The van der Waals surface area contributed by atoms with Gasteiger partial charge in [-0.1, -0.05) is 29.8 Å². The van der Waals surface area contributed by atoms with Gasteiger partial charge >= 0.3 is 0 Å². The van der Waals surface area contributed by atoms with Gasteiger partial charge in [0.1, 0.15) is 5.75 Å². The number of nitrogens with one attached hydrogen (secondary N) is 1. The maximum Gasteiger partial charge on any atom is 0.262 e. The molecule has 1 N–H and O–H groups in total. The van der Waals surface area contributed by atoms with E-state index in [-0.39, 0.29) is 12.5 Å². The van der Waals surface area contributed by atoms with E-state index in [1.54, 1.807) is 12.1 Å². The van der Waals surface area contributed by atoms with Gasteiger partial charge in [0.2, 0.25) is 11.8 Å². The SMILES string of the molecule is Cc1cc(OCC(=O)Nc2ccc(-c3nnc(-c4ccccc4)o3)cc2)cc(C)c1Cl. The number of amides is 1. The predicted molar refractivity (Wildman–Crippen MR) is 120 cm³/mol. The average Bonchev–Trinajstić information content (AvgIpc) is 3.27. The van der Waals surface area contributed by atoms with Crippen molar-refractivity contribution in [1.29, 1.82) is 0 Å². The Balaban J connectivity index is 1.36. The summed E-state index contributed by atoms with van der Waals surface area (Å²) >= 11 is 6.16. The molecule has 1 aromatic heterocycles. The zero-order valence-electron chi connectivity index (χ0n) is 17.1. The average molecular weight is 434 g/mol. The van der Waals surface area contributed by atoms with Crippen LogP contribution in [0.3, 0.4) is 0 Å². The molecule has 4 aromatic rings. The first-order valence-electron chi connectivity index (χ1n) is 9.68. The fourth-order valence-electron chi connectivity index (χ4n) is 3.07. The minimum absolute atomic E-state index is 0.105. The molecule has 0 aliphatic rings. The van der Waals surface area contributed by atoms with Crippen molar-refractivity contribution in [3.63, 3.8) is 0 Å². The number of nitrogens with zero attached hydrogens (tertiary/aromatic N) is 2. The number of aryl methyl sites for hydroxylation is 2. The normalized spacial score (nSPS) is 10.7. The number of hydrogen-bond acceptors (Lipinski definition) is 5. The van der Waals surface area contributed by atoms with Gasteiger partial charge in [-0.15, -0.1) is 10.2 Å². The summed E-state index contributed by atoms with van der Waals surface area (Å²) in [6.45, 7) is 3.69. The summed E-state index contributed by atoms with van der Waals surface area (Å²) in [5.41, 5.74) is 4.07. The zero-order valence-corrected chi connectivity index (χ0v) is 17.8. The van der Waals surface area contributed by atoms with Gasteiger partial charge in [-0.05, 0) is 73.5 Å². The minimum Gasteiger partial charge on any atom is -0.484 e. The number of ether oxygens (including phenoxy) is 1. The topological polar surface area (TPSA) is 77.2 Å². The number of aromatic nitrogens is 2. The Morgan fingerprint density at radius 2 is 1.52 bits per heavy atom. The van der Waals surface area contributed by atoms with Crippen molar-refractivity contribution in [1.82, 2.24) is 10.2 Å². The molecule has 0 radical (unpaired) electrons. The Morgan fingerprint density at radius 1 is 0.935 bits per heavy atom. The highest BCUT2D eigenvalue weighted by atomic mass is 35.5. The van der Waals surface area contributed by atoms with E-state index < -0.39 is 0 Å². The van der Waals surface area contributed by atoms with E-state index in [4.69, 9.17) is 20.8 Å². The molecule has 0 unspecified atom stereocenters. The maximum absolute atomic E-state index is 12.2. The molecule has 0 bridgehead atoms. The van der Waals surface area contributed by atoms with Crippen LogP contribution in [0.2, 0.25) is 5.02 Å². The van der Waals surface area contributed by atoms with E-state index in [0.717, 1.165) is 22.3 Å². The second kappa shape index (κ2) is 9.02. The molecule has 0 saturated heterocycles. The molecule has 0 atom stereocenters. The Morgan fingerprint density at radius 3 is 2.13 bits per heavy atom. The Bertz CT molecular complexity index is 1180. The van der Waals surface area contributed by atoms with E-state index >= 15 is 0 Å². The van der Waals surface area contributed by atoms with Crippen LogP contribution < -0.4 is 10.1 Å². The van der Waals surface area contributed by atoms with Crippen LogP contribution >= 0.6 is 11.6 Å². The summed E-state index contributed by atoms with van der Waals surface area (Å²) in [6, 6.07) is 20.4. The third kappa shape index (κ3) is 4.92. The number of rotatable bonds is 6. The lowest BCUT2D eigenvalue weighted by Gasteiger charge is -2.10. The van der Waals surface area contributed by atoms with E-state index in [2.05, 4.69) is 15.5 Å². The molecule has 0 aliphatic heterocycles. The van der Waals surface area contributed by atoms with Crippen LogP contribution in [0.1, 0.15) is 11.1 Å². The van der Waals surface area contributed by atoms with Gasteiger partial charge in [0.05, 0.1) is 0 Å². The number of anilines is 1. The van der Waals surface area contributed by atoms with E-state index in [1.807, 2.05) is 68.4 Å². The molecule has 31 heavy (non-hydrogen) atoms. The first kappa shape index (κ1) is 20.6. The standard InChI is InChI=1S/C24H20ClN3O3/c1-15-12-20(13-16(2)22(15)25)30-14-21(29)26-19-10-8-18(9-11-19)24-28-27-23(31-24)17-6-4-3-5-7-17/h3-13H,14H2,1-2H3,(H,26,29). The fourth-order valence-corrected chi connectivity index (χ4v) is 3.18. The molecular weight excluding hydrogens is 414 g/mol. The smallest absolute Gasteiger partial charge is 0.262 e. The van der Waals surface area contributed by atoms with Gasteiger partial charge < -0.3 is 14.5 Å². The summed E-state index contributed by atoms with van der Waals surface area (Å²) in [5.74, 6) is 1.21. The van der Waals surface area contributed by atoms with Crippen LogP contribution in [-0.2, 0) is 4.79 Å². The van der Waals surface area contributed by atoms with E-state index in [0.29, 0.717) is 28.2 Å². The van der Waals surface area contributed by atoms with Crippen LogP contribution in [0, 0.1) is 13.8 Å². The summed E-state index contributed by atoms with van der Waals surface area (Å²) < 4.78 is 11.3. The van der Waals surface area contributed by atoms with Gasteiger partial charge in [-0.25, -0.2) is 0 Å². The number of halogens is 1.